The monoisotopic (exact) mass is 469 g/mol. The molecule has 11 heteroatoms. The average molecular weight is 471 g/mol. The Morgan fingerprint density at radius 1 is 1.17 bits per heavy atom. The molecule has 29 heavy (non-hydrogen) atoms. The number of hydrogen-bond acceptors (Lipinski definition) is 6. The number of rotatable bonds is 5. The van der Waals surface area contributed by atoms with Crippen molar-refractivity contribution in [3.63, 3.8) is 0 Å². The van der Waals surface area contributed by atoms with E-state index in [-0.39, 0.29) is 55.6 Å². The Morgan fingerprint density at radius 2 is 1.83 bits per heavy atom. The van der Waals surface area contributed by atoms with Gasteiger partial charge in [0.1, 0.15) is 0 Å². The average Bonchev–Trinajstić information content (AvgIpc) is 3.16. The molecule has 0 spiro atoms. The van der Waals surface area contributed by atoms with Crippen molar-refractivity contribution in [2.45, 2.75) is 18.9 Å². The zero-order valence-electron chi connectivity index (χ0n) is 16.5. The van der Waals surface area contributed by atoms with Gasteiger partial charge >= 0.3 is 5.97 Å². The summed E-state index contributed by atoms with van der Waals surface area (Å²) in [5.41, 5.74) is 0.807. The maximum atomic E-state index is 12.4. The first-order valence-electron chi connectivity index (χ1n) is 9.16. The van der Waals surface area contributed by atoms with Gasteiger partial charge in [0.05, 0.1) is 25.7 Å². The van der Waals surface area contributed by atoms with E-state index in [0.29, 0.717) is 32.2 Å². The molecular weight excluding hydrogens is 441 g/mol. The summed E-state index contributed by atoms with van der Waals surface area (Å²) in [5.74, 6) is -0.256. The summed E-state index contributed by atoms with van der Waals surface area (Å²) in [5, 5.41) is 3.36. The number of esters is 1. The zero-order chi connectivity index (χ0) is 18.4. The van der Waals surface area contributed by atoms with Crippen molar-refractivity contribution >= 4 is 55.2 Å². The number of methoxy groups -OCH3 is 1. The van der Waals surface area contributed by atoms with Crippen LogP contribution in [0.2, 0.25) is 0 Å². The van der Waals surface area contributed by atoms with Crippen LogP contribution in [0.15, 0.2) is 18.6 Å². The van der Waals surface area contributed by atoms with Crippen molar-refractivity contribution in [2.75, 3.05) is 52.9 Å². The third-order valence-electron chi connectivity index (χ3n) is 5.01. The maximum Gasteiger partial charge on any atom is 0.319 e. The van der Waals surface area contributed by atoms with Crippen molar-refractivity contribution in [3.05, 3.63) is 24.3 Å². The van der Waals surface area contributed by atoms with Crippen molar-refractivity contribution in [2.24, 2.45) is 0 Å². The van der Waals surface area contributed by atoms with Gasteiger partial charge in [-0.2, -0.15) is 0 Å². The van der Waals surface area contributed by atoms with E-state index in [1.807, 2.05) is 17.4 Å². The number of nitrogens with zero attached hydrogens (tertiary/aromatic N) is 4. The fraction of sp³-hybridized carbons (Fsp3) is 0.611. The summed E-state index contributed by atoms with van der Waals surface area (Å²) in [6.45, 7) is 4.94. The van der Waals surface area contributed by atoms with Crippen molar-refractivity contribution in [3.8, 4) is 0 Å². The van der Waals surface area contributed by atoms with Crippen LogP contribution in [0, 0.1) is 0 Å². The lowest BCUT2D eigenvalue weighted by molar-refractivity contribution is -0.142. The van der Waals surface area contributed by atoms with Gasteiger partial charge in [0.2, 0.25) is 5.91 Å². The fourth-order valence-corrected chi connectivity index (χ4v) is 3.38. The topological polar surface area (TPSA) is 79.7 Å². The highest BCUT2D eigenvalue weighted by atomic mass is 35.5. The summed E-state index contributed by atoms with van der Waals surface area (Å²) in [6.07, 6.45) is 9.44. The van der Waals surface area contributed by atoms with Gasteiger partial charge in [-0.25, -0.2) is 4.98 Å². The minimum atomic E-state index is -0.242. The Kier molecular flexibility index (Phi) is 13.2. The van der Waals surface area contributed by atoms with Crippen molar-refractivity contribution < 1.29 is 14.3 Å². The van der Waals surface area contributed by atoms with E-state index in [1.165, 1.54) is 7.11 Å². The number of piperazine rings is 1. The highest BCUT2D eigenvalue weighted by molar-refractivity contribution is 5.91. The normalized spacial score (nSPS) is 17.8. The predicted octanol–water partition coefficient (Wildman–Crippen LogP) is 1.40. The van der Waals surface area contributed by atoms with Gasteiger partial charge < -0.3 is 19.5 Å². The van der Waals surface area contributed by atoms with E-state index in [1.54, 1.807) is 17.1 Å². The molecule has 1 N–H and O–H groups in total. The smallest absolute Gasteiger partial charge is 0.319 e. The molecule has 2 aliphatic rings. The first kappa shape index (κ1) is 27.7. The molecule has 1 aromatic heterocycles. The second-order valence-corrected chi connectivity index (χ2v) is 6.74. The second-order valence-electron chi connectivity index (χ2n) is 6.74. The van der Waals surface area contributed by atoms with Gasteiger partial charge in [-0.05, 0) is 32.0 Å². The van der Waals surface area contributed by atoms with Gasteiger partial charge in [-0.15, -0.1) is 37.2 Å². The lowest BCUT2D eigenvalue weighted by Crippen LogP contribution is -2.49. The van der Waals surface area contributed by atoms with Crippen LogP contribution in [0.5, 0.6) is 0 Å². The first-order chi connectivity index (χ1) is 12.7. The number of aromatic nitrogens is 2. The largest absolute Gasteiger partial charge is 0.468 e. The molecule has 1 aromatic rings. The molecular formula is C18H30Cl3N5O3. The van der Waals surface area contributed by atoms with Crippen LogP contribution in [0.3, 0.4) is 0 Å². The number of carbonyl (C=O) groups is 2. The maximum absolute atomic E-state index is 12.4. The lowest BCUT2D eigenvalue weighted by atomic mass is 10.1. The van der Waals surface area contributed by atoms with E-state index in [9.17, 15) is 9.59 Å². The zero-order valence-corrected chi connectivity index (χ0v) is 18.9. The minimum absolute atomic E-state index is 0. The van der Waals surface area contributed by atoms with Crippen LogP contribution in [-0.4, -0.2) is 84.2 Å². The molecule has 0 unspecified atom stereocenters. The molecule has 0 aromatic carbocycles. The summed E-state index contributed by atoms with van der Waals surface area (Å²) >= 11 is 0. The number of carbonyl (C=O) groups excluding carboxylic acids is 2. The molecule has 2 saturated heterocycles. The van der Waals surface area contributed by atoms with Crippen LogP contribution in [0.1, 0.15) is 24.6 Å². The van der Waals surface area contributed by atoms with E-state index < -0.39 is 0 Å². The number of piperidine rings is 1. The summed E-state index contributed by atoms with van der Waals surface area (Å²) < 4.78 is 6.83. The number of imidazole rings is 1. The molecule has 2 aliphatic heterocycles. The molecule has 3 rings (SSSR count). The van der Waals surface area contributed by atoms with Gasteiger partial charge in [-0.1, -0.05) is 0 Å². The van der Waals surface area contributed by atoms with Crippen LogP contribution in [-0.2, 0) is 14.3 Å². The van der Waals surface area contributed by atoms with Crippen molar-refractivity contribution in [1.29, 1.82) is 0 Å². The van der Waals surface area contributed by atoms with Crippen LogP contribution in [0.4, 0.5) is 0 Å². The van der Waals surface area contributed by atoms with Gasteiger partial charge in [0.25, 0.3) is 0 Å². The molecule has 0 saturated carbocycles. The Hall–Kier alpha value is -1.32. The van der Waals surface area contributed by atoms with E-state index >= 15 is 0 Å². The minimum Gasteiger partial charge on any atom is -0.468 e. The van der Waals surface area contributed by atoms with Gasteiger partial charge in [0, 0.05) is 44.5 Å². The highest BCUT2D eigenvalue weighted by Gasteiger charge is 2.21. The third kappa shape index (κ3) is 8.14. The van der Waals surface area contributed by atoms with Crippen LogP contribution >= 0.6 is 37.2 Å². The molecule has 0 radical (unpaired) electrons. The Morgan fingerprint density at radius 3 is 2.45 bits per heavy atom. The van der Waals surface area contributed by atoms with Crippen LogP contribution in [0.25, 0.3) is 6.08 Å². The lowest BCUT2D eigenvalue weighted by Gasteiger charge is -2.33. The fourth-order valence-electron chi connectivity index (χ4n) is 3.38. The molecule has 0 aliphatic carbocycles. The standard InChI is InChI=1S/C18H27N5O3.3ClH/c1-26-18(25)13-21-8-10-22(11-9-21)17(24)3-2-15-12-23(14-20-15)16-4-6-19-7-5-16;;;/h2-3,12,14,16,19H,4-11,13H2,1H3;3*1H/b3-2+;;;. The molecule has 166 valence electrons. The molecule has 1 amide bonds. The second kappa shape index (κ2) is 13.8. The van der Waals surface area contributed by atoms with Crippen molar-refractivity contribution in [1.82, 2.24) is 24.7 Å². The summed E-state index contributed by atoms with van der Waals surface area (Å²) in [6, 6.07) is 0.490. The SMILES string of the molecule is COC(=O)CN1CCN(C(=O)/C=C/c2cn(C3CCNCC3)cn2)CC1.Cl.Cl.Cl. The number of ether oxygens (including phenoxy) is 1. The molecule has 8 nitrogen and oxygen atoms in total. The van der Waals surface area contributed by atoms with Gasteiger partial charge in [0.15, 0.2) is 0 Å². The Labute approximate surface area is 190 Å². The summed E-state index contributed by atoms with van der Waals surface area (Å²) in [4.78, 5) is 31.8. The third-order valence-corrected chi connectivity index (χ3v) is 5.01. The Bertz CT molecular complexity index is 657. The Balaban J connectivity index is 0.00000261. The van der Waals surface area contributed by atoms with Crippen LogP contribution < -0.4 is 5.32 Å². The highest BCUT2D eigenvalue weighted by Crippen LogP contribution is 2.18. The molecule has 2 fully saturated rings. The number of halogens is 3. The molecule has 3 heterocycles. The predicted molar refractivity (Wildman–Crippen MR) is 119 cm³/mol. The summed E-state index contributed by atoms with van der Waals surface area (Å²) in [7, 11) is 1.39. The molecule has 0 bridgehead atoms. The first-order valence-corrected chi connectivity index (χ1v) is 9.16. The van der Waals surface area contributed by atoms with E-state index in [2.05, 4.69) is 19.6 Å². The quantitative estimate of drug-likeness (QED) is 0.518. The van der Waals surface area contributed by atoms with E-state index in [4.69, 9.17) is 0 Å². The molecule has 0 atom stereocenters. The number of hydrogen-bond donors (Lipinski definition) is 1. The van der Waals surface area contributed by atoms with Gasteiger partial charge in [-0.3, -0.25) is 14.5 Å². The number of nitrogens with one attached hydrogen (secondary N) is 1. The number of amides is 1. The van der Waals surface area contributed by atoms with E-state index in [0.717, 1.165) is 31.6 Å².